The van der Waals surface area contributed by atoms with E-state index in [0.717, 1.165) is 11.4 Å². The van der Waals surface area contributed by atoms with Gasteiger partial charge in [0.25, 0.3) is 0 Å². The van der Waals surface area contributed by atoms with Gasteiger partial charge in [-0.25, -0.2) is 0 Å². The van der Waals surface area contributed by atoms with E-state index in [-0.39, 0.29) is 5.41 Å². The predicted octanol–water partition coefficient (Wildman–Crippen LogP) is 14.5. The molecule has 0 heterocycles. The fourth-order valence-electron chi connectivity index (χ4n) is 9.23. The first-order valence-electron chi connectivity index (χ1n) is 19.5. The first kappa shape index (κ1) is 32.5. The summed E-state index contributed by atoms with van der Waals surface area (Å²) in [5.41, 5.74) is 19.5. The lowest BCUT2D eigenvalue weighted by atomic mass is 9.81. The summed E-state index contributed by atoms with van der Waals surface area (Å²) in [6.45, 7) is 4.77. The molecule has 1 heteroatoms. The van der Waals surface area contributed by atoms with E-state index >= 15 is 0 Å². The van der Waals surface area contributed by atoms with Gasteiger partial charge in [-0.1, -0.05) is 147 Å². The first-order valence-corrected chi connectivity index (χ1v) is 19.5. The van der Waals surface area contributed by atoms with Crippen molar-refractivity contribution in [2.45, 2.75) is 44.9 Å². The van der Waals surface area contributed by atoms with Crippen LogP contribution in [0, 0.1) is 0 Å². The molecule has 2 aliphatic rings. The molecule has 0 aromatic heterocycles. The highest BCUT2D eigenvalue weighted by atomic mass is 15.1. The second kappa shape index (κ2) is 13.0. The molecule has 8 aromatic carbocycles. The van der Waals surface area contributed by atoms with Gasteiger partial charge in [0.15, 0.2) is 0 Å². The minimum Gasteiger partial charge on any atom is -0.310 e. The van der Waals surface area contributed by atoms with E-state index in [4.69, 9.17) is 0 Å². The molecule has 0 radical (unpaired) electrons. The maximum atomic E-state index is 2.45. The van der Waals surface area contributed by atoms with E-state index in [1.165, 1.54) is 109 Å². The summed E-state index contributed by atoms with van der Waals surface area (Å²) >= 11 is 0. The molecule has 0 N–H and O–H groups in total. The van der Waals surface area contributed by atoms with E-state index in [1.807, 2.05) is 0 Å². The molecule has 0 saturated carbocycles. The zero-order valence-corrected chi connectivity index (χ0v) is 31.0. The number of nitrogens with zero attached hydrogens (tertiary/aromatic N) is 1. The quantitative estimate of drug-likeness (QED) is 0.168. The Morgan fingerprint density at radius 2 is 1.04 bits per heavy atom. The number of rotatable bonds is 6. The average Bonchev–Trinajstić information content (AvgIpc) is 3.47. The van der Waals surface area contributed by atoms with E-state index in [1.54, 1.807) is 0 Å². The molecule has 10 rings (SSSR count). The highest BCUT2D eigenvalue weighted by molar-refractivity contribution is 5.94. The Kier molecular flexibility index (Phi) is 7.84. The normalized spacial score (nSPS) is 14.0. The zero-order valence-electron chi connectivity index (χ0n) is 31.0. The van der Waals surface area contributed by atoms with Crippen molar-refractivity contribution in [3.05, 3.63) is 198 Å². The molecule has 54 heavy (non-hydrogen) atoms. The van der Waals surface area contributed by atoms with Crippen LogP contribution in [0.15, 0.2) is 176 Å². The van der Waals surface area contributed by atoms with Gasteiger partial charge >= 0.3 is 0 Å². The van der Waals surface area contributed by atoms with Crippen molar-refractivity contribution in [1.29, 1.82) is 0 Å². The number of aryl methyl sites for hydroxylation is 1. The standard InChI is InChI=1S/C53H43N/c1-53(2)50-21-11-20-48(39-13-4-3-5-14-39)52(50)49-33-32-45(35-51(49)53)54(43-28-24-37(25-29-43)42-23-22-36-12-6-7-16-41(36)34-42)44-30-26-40(27-31-44)47-19-10-17-38-15-8-9-18-46(38)47/h3-7,10-14,16-17,19-35H,8-9,15,18H2,1-2H3. The summed E-state index contributed by atoms with van der Waals surface area (Å²) in [6.07, 6.45) is 4.93. The van der Waals surface area contributed by atoms with Crippen LogP contribution in [0.3, 0.4) is 0 Å². The van der Waals surface area contributed by atoms with Crippen molar-refractivity contribution in [2.75, 3.05) is 4.90 Å². The third kappa shape index (κ3) is 5.46. The summed E-state index contributed by atoms with van der Waals surface area (Å²) in [5, 5.41) is 2.53. The molecule has 0 aliphatic heterocycles. The van der Waals surface area contributed by atoms with Gasteiger partial charge in [0.05, 0.1) is 0 Å². The SMILES string of the molecule is CC1(C)c2cc(N(c3ccc(-c4ccc5ccccc5c4)cc3)c3ccc(-c4cccc5c4CCCC5)cc3)ccc2-c2c(-c3ccccc3)cccc21. The molecule has 0 amide bonds. The minimum absolute atomic E-state index is 0.145. The smallest absolute Gasteiger partial charge is 0.0465 e. The Balaban J connectivity index is 1.09. The van der Waals surface area contributed by atoms with Crippen LogP contribution in [-0.2, 0) is 18.3 Å². The topological polar surface area (TPSA) is 3.24 Å². The highest BCUT2D eigenvalue weighted by Crippen LogP contribution is 2.53. The molecular weight excluding hydrogens is 651 g/mol. The fraction of sp³-hybridized carbons (Fsp3) is 0.132. The van der Waals surface area contributed by atoms with Crippen LogP contribution in [-0.4, -0.2) is 0 Å². The molecule has 1 nitrogen and oxygen atoms in total. The van der Waals surface area contributed by atoms with Crippen molar-refractivity contribution in [3.8, 4) is 44.5 Å². The lowest BCUT2D eigenvalue weighted by Crippen LogP contribution is -2.16. The molecular formula is C53H43N. The lowest BCUT2D eigenvalue weighted by Gasteiger charge is -2.28. The number of benzene rings is 8. The van der Waals surface area contributed by atoms with Crippen LogP contribution < -0.4 is 4.90 Å². The Morgan fingerprint density at radius 3 is 1.83 bits per heavy atom. The van der Waals surface area contributed by atoms with Crippen molar-refractivity contribution < 1.29 is 0 Å². The van der Waals surface area contributed by atoms with Crippen LogP contribution in [0.5, 0.6) is 0 Å². The van der Waals surface area contributed by atoms with E-state index < -0.39 is 0 Å². The summed E-state index contributed by atoms with van der Waals surface area (Å²) in [5.74, 6) is 0. The average molecular weight is 694 g/mol. The Bertz CT molecular complexity index is 2660. The minimum atomic E-state index is -0.145. The predicted molar refractivity (Wildman–Crippen MR) is 229 cm³/mol. The van der Waals surface area contributed by atoms with Gasteiger partial charge in [-0.05, 0) is 146 Å². The van der Waals surface area contributed by atoms with Crippen LogP contribution in [0.2, 0.25) is 0 Å². The summed E-state index contributed by atoms with van der Waals surface area (Å²) in [7, 11) is 0. The van der Waals surface area contributed by atoms with Crippen LogP contribution in [0.25, 0.3) is 55.3 Å². The second-order valence-electron chi connectivity index (χ2n) is 15.6. The largest absolute Gasteiger partial charge is 0.310 e. The molecule has 8 aromatic rings. The van der Waals surface area contributed by atoms with Gasteiger partial charge in [-0.15, -0.1) is 0 Å². The third-order valence-corrected chi connectivity index (χ3v) is 12.1. The van der Waals surface area contributed by atoms with Gasteiger partial charge < -0.3 is 4.90 Å². The summed E-state index contributed by atoms with van der Waals surface area (Å²) in [4.78, 5) is 2.44. The van der Waals surface area contributed by atoms with Crippen molar-refractivity contribution >= 4 is 27.8 Å². The second-order valence-corrected chi connectivity index (χ2v) is 15.6. The van der Waals surface area contributed by atoms with Crippen molar-refractivity contribution in [2.24, 2.45) is 0 Å². The lowest BCUT2D eigenvalue weighted by molar-refractivity contribution is 0.660. The molecule has 0 atom stereocenters. The Labute approximate surface area is 319 Å². The van der Waals surface area contributed by atoms with Crippen LogP contribution in [0.1, 0.15) is 48.9 Å². The maximum absolute atomic E-state index is 2.45. The van der Waals surface area contributed by atoms with Crippen molar-refractivity contribution in [1.82, 2.24) is 0 Å². The molecule has 260 valence electrons. The Morgan fingerprint density at radius 1 is 0.407 bits per heavy atom. The van der Waals surface area contributed by atoms with Gasteiger partial charge in [0, 0.05) is 22.5 Å². The van der Waals surface area contributed by atoms with Gasteiger partial charge in [-0.3, -0.25) is 0 Å². The monoisotopic (exact) mass is 693 g/mol. The van der Waals surface area contributed by atoms with Crippen molar-refractivity contribution in [3.63, 3.8) is 0 Å². The van der Waals surface area contributed by atoms with Gasteiger partial charge in [0.2, 0.25) is 0 Å². The number of fused-ring (bicyclic) bond motifs is 5. The Hall–Kier alpha value is -6.18. The summed E-state index contributed by atoms with van der Waals surface area (Å²) < 4.78 is 0. The van der Waals surface area contributed by atoms with E-state index in [2.05, 4.69) is 195 Å². The molecule has 0 spiro atoms. The van der Waals surface area contributed by atoms with E-state index in [9.17, 15) is 0 Å². The fourth-order valence-corrected chi connectivity index (χ4v) is 9.23. The van der Waals surface area contributed by atoms with Crippen LogP contribution >= 0.6 is 0 Å². The summed E-state index contributed by atoms with van der Waals surface area (Å²) in [6, 6.07) is 65.4. The number of anilines is 3. The van der Waals surface area contributed by atoms with Gasteiger partial charge in [-0.2, -0.15) is 0 Å². The zero-order chi connectivity index (χ0) is 36.2. The molecule has 0 saturated heterocycles. The van der Waals surface area contributed by atoms with Gasteiger partial charge in [0.1, 0.15) is 0 Å². The third-order valence-electron chi connectivity index (χ3n) is 12.1. The molecule has 0 bridgehead atoms. The highest BCUT2D eigenvalue weighted by Gasteiger charge is 2.37. The number of hydrogen-bond acceptors (Lipinski definition) is 1. The maximum Gasteiger partial charge on any atom is 0.0465 e. The molecule has 2 aliphatic carbocycles. The van der Waals surface area contributed by atoms with E-state index in [0.29, 0.717) is 0 Å². The first-order chi connectivity index (χ1) is 26.5. The molecule has 0 fully saturated rings. The van der Waals surface area contributed by atoms with Crippen LogP contribution in [0.4, 0.5) is 17.1 Å². The number of hydrogen-bond donors (Lipinski definition) is 0. The molecule has 0 unspecified atom stereocenters.